The van der Waals surface area contributed by atoms with Crippen molar-refractivity contribution in [1.82, 2.24) is 9.62 Å². The zero-order chi connectivity index (χ0) is 17.9. The second-order valence-electron chi connectivity index (χ2n) is 5.91. The molecular weight excluding hydrogens is 356 g/mol. The molecule has 1 heterocycles. The summed E-state index contributed by atoms with van der Waals surface area (Å²) < 4.78 is 26.6. The van der Waals surface area contributed by atoms with Crippen molar-refractivity contribution >= 4 is 27.3 Å². The molecule has 1 aliphatic carbocycles. The summed E-state index contributed by atoms with van der Waals surface area (Å²) in [6, 6.07) is 10.4. The van der Waals surface area contributed by atoms with Crippen LogP contribution >= 0.6 is 11.3 Å². The molecule has 0 saturated heterocycles. The third kappa shape index (κ3) is 4.36. The summed E-state index contributed by atoms with van der Waals surface area (Å²) in [7, 11) is -3.57. The standard InChI is InChI=1S/C18H20N2O3S2/c1-2-11-19-25(22,23)17-9-5-14(6-10-17)18(21)20(15-7-8-15)13-16-4-3-12-24-16/h2-6,9-10,12,15,19H,1,7-8,11,13H2. The van der Waals surface area contributed by atoms with Crippen LogP contribution in [0.25, 0.3) is 0 Å². The van der Waals surface area contributed by atoms with Crippen molar-refractivity contribution in [2.45, 2.75) is 30.3 Å². The van der Waals surface area contributed by atoms with Gasteiger partial charge in [0, 0.05) is 23.0 Å². The molecule has 1 N–H and O–H groups in total. The Bertz CT molecular complexity index is 839. The van der Waals surface area contributed by atoms with Crippen LogP contribution in [-0.4, -0.2) is 31.8 Å². The summed E-state index contributed by atoms with van der Waals surface area (Å²) in [5.74, 6) is -0.0566. The lowest BCUT2D eigenvalue weighted by Crippen LogP contribution is -2.32. The molecule has 0 aliphatic heterocycles. The van der Waals surface area contributed by atoms with E-state index in [1.165, 1.54) is 18.2 Å². The Labute approximate surface area is 152 Å². The molecule has 132 valence electrons. The molecule has 0 spiro atoms. The quantitative estimate of drug-likeness (QED) is 0.720. The fourth-order valence-electron chi connectivity index (χ4n) is 2.52. The van der Waals surface area contributed by atoms with E-state index >= 15 is 0 Å². The second-order valence-corrected chi connectivity index (χ2v) is 8.71. The molecule has 0 unspecified atom stereocenters. The van der Waals surface area contributed by atoms with Crippen molar-refractivity contribution in [3.05, 3.63) is 64.9 Å². The van der Waals surface area contributed by atoms with E-state index in [4.69, 9.17) is 0 Å². The summed E-state index contributed by atoms with van der Waals surface area (Å²) in [6.45, 7) is 4.26. The van der Waals surface area contributed by atoms with Crippen molar-refractivity contribution in [1.29, 1.82) is 0 Å². The summed E-state index contributed by atoms with van der Waals surface area (Å²) in [6.07, 6.45) is 3.53. The number of hydrogen-bond donors (Lipinski definition) is 1. The highest BCUT2D eigenvalue weighted by Gasteiger charge is 2.33. The molecule has 1 aromatic carbocycles. The van der Waals surface area contributed by atoms with Gasteiger partial charge in [0.05, 0.1) is 11.4 Å². The van der Waals surface area contributed by atoms with Gasteiger partial charge < -0.3 is 4.90 Å². The number of thiophene rings is 1. The maximum Gasteiger partial charge on any atom is 0.254 e. The third-order valence-electron chi connectivity index (χ3n) is 3.98. The van der Waals surface area contributed by atoms with Gasteiger partial charge in [0.1, 0.15) is 0 Å². The average molecular weight is 377 g/mol. The van der Waals surface area contributed by atoms with Gasteiger partial charge in [0.15, 0.2) is 0 Å². The molecule has 0 radical (unpaired) electrons. The predicted octanol–water partition coefficient (Wildman–Crippen LogP) is 3.02. The number of benzene rings is 1. The molecule has 5 nitrogen and oxygen atoms in total. The number of sulfonamides is 1. The minimum absolute atomic E-state index is 0.0566. The van der Waals surface area contributed by atoms with Gasteiger partial charge in [-0.2, -0.15) is 0 Å². The van der Waals surface area contributed by atoms with E-state index in [9.17, 15) is 13.2 Å². The van der Waals surface area contributed by atoms with Gasteiger partial charge in [-0.25, -0.2) is 13.1 Å². The number of rotatable bonds is 8. The van der Waals surface area contributed by atoms with E-state index < -0.39 is 10.0 Å². The highest BCUT2D eigenvalue weighted by atomic mass is 32.2. The lowest BCUT2D eigenvalue weighted by Gasteiger charge is -2.22. The van der Waals surface area contributed by atoms with E-state index in [0.29, 0.717) is 12.1 Å². The molecule has 25 heavy (non-hydrogen) atoms. The van der Waals surface area contributed by atoms with Gasteiger partial charge in [-0.3, -0.25) is 4.79 Å². The SMILES string of the molecule is C=CCNS(=O)(=O)c1ccc(C(=O)N(Cc2cccs2)C2CC2)cc1. The van der Waals surface area contributed by atoms with Gasteiger partial charge >= 0.3 is 0 Å². The van der Waals surface area contributed by atoms with Gasteiger partial charge in [-0.15, -0.1) is 17.9 Å². The van der Waals surface area contributed by atoms with Crippen molar-refractivity contribution in [3.8, 4) is 0 Å². The number of amides is 1. The second kappa shape index (κ2) is 7.51. The van der Waals surface area contributed by atoms with Gasteiger partial charge in [-0.1, -0.05) is 12.1 Å². The van der Waals surface area contributed by atoms with E-state index in [1.54, 1.807) is 23.5 Å². The number of nitrogens with zero attached hydrogens (tertiary/aromatic N) is 1. The summed E-state index contributed by atoms with van der Waals surface area (Å²) in [4.78, 5) is 16.0. The predicted molar refractivity (Wildman–Crippen MR) is 99.0 cm³/mol. The first-order valence-electron chi connectivity index (χ1n) is 8.05. The van der Waals surface area contributed by atoms with Crippen LogP contribution in [0, 0.1) is 0 Å². The first-order chi connectivity index (χ1) is 12.0. The minimum Gasteiger partial charge on any atom is -0.331 e. The smallest absolute Gasteiger partial charge is 0.254 e. The lowest BCUT2D eigenvalue weighted by atomic mass is 10.2. The zero-order valence-corrected chi connectivity index (χ0v) is 15.4. The Morgan fingerprint density at radius 3 is 2.56 bits per heavy atom. The van der Waals surface area contributed by atoms with E-state index in [-0.39, 0.29) is 23.4 Å². The molecule has 1 amide bonds. The molecule has 0 atom stereocenters. The Kier molecular flexibility index (Phi) is 5.36. The third-order valence-corrected chi connectivity index (χ3v) is 6.28. The number of hydrogen-bond acceptors (Lipinski definition) is 4. The summed E-state index contributed by atoms with van der Waals surface area (Å²) in [5.41, 5.74) is 0.506. The maximum atomic E-state index is 12.8. The number of carbonyl (C=O) groups is 1. The van der Waals surface area contributed by atoms with E-state index in [0.717, 1.165) is 17.7 Å². The monoisotopic (exact) mass is 376 g/mol. The van der Waals surface area contributed by atoms with Crippen LogP contribution in [0.5, 0.6) is 0 Å². The van der Waals surface area contributed by atoms with E-state index in [2.05, 4.69) is 11.3 Å². The fraction of sp³-hybridized carbons (Fsp3) is 0.278. The molecular formula is C18H20N2O3S2. The van der Waals surface area contributed by atoms with Crippen molar-refractivity contribution < 1.29 is 13.2 Å². The van der Waals surface area contributed by atoms with Crippen LogP contribution in [0.1, 0.15) is 28.1 Å². The maximum absolute atomic E-state index is 12.8. The van der Waals surface area contributed by atoms with E-state index in [1.807, 2.05) is 22.4 Å². The summed E-state index contributed by atoms with van der Waals surface area (Å²) >= 11 is 1.63. The van der Waals surface area contributed by atoms with Crippen LogP contribution in [0.4, 0.5) is 0 Å². The van der Waals surface area contributed by atoms with Crippen LogP contribution in [0.2, 0.25) is 0 Å². The lowest BCUT2D eigenvalue weighted by molar-refractivity contribution is 0.0731. The fourth-order valence-corrected chi connectivity index (χ4v) is 4.22. The van der Waals surface area contributed by atoms with Crippen molar-refractivity contribution in [2.75, 3.05) is 6.54 Å². The Balaban J connectivity index is 1.76. The van der Waals surface area contributed by atoms with Crippen molar-refractivity contribution in [2.24, 2.45) is 0 Å². The van der Waals surface area contributed by atoms with Crippen LogP contribution < -0.4 is 4.72 Å². The van der Waals surface area contributed by atoms with Gasteiger partial charge in [0.25, 0.3) is 5.91 Å². The number of nitrogens with one attached hydrogen (secondary N) is 1. The molecule has 1 saturated carbocycles. The normalized spacial score (nSPS) is 14.2. The Hall–Kier alpha value is -1.96. The molecule has 1 fully saturated rings. The molecule has 7 heteroatoms. The first kappa shape index (κ1) is 17.8. The van der Waals surface area contributed by atoms with Crippen molar-refractivity contribution in [3.63, 3.8) is 0 Å². The highest BCUT2D eigenvalue weighted by molar-refractivity contribution is 7.89. The first-order valence-corrected chi connectivity index (χ1v) is 10.4. The summed E-state index contributed by atoms with van der Waals surface area (Å²) in [5, 5.41) is 2.00. The zero-order valence-electron chi connectivity index (χ0n) is 13.7. The Morgan fingerprint density at radius 2 is 2.00 bits per heavy atom. The molecule has 3 rings (SSSR count). The number of carbonyl (C=O) groups excluding carboxylic acids is 1. The molecule has 0 bridgehead atoms. The largest absolute Gasteiger partial charge is 0.331 e. The molecule has 1 aromatic heterocycles. The van der Waals surface area contributed by atoms with Crippen LogP contribution in [-0.2, 0) is 16.6 Å². The van der Waals surface area contributed by atoms with Gasteiger partial charge in [-0.05, 0) is 48.6 Å². The van der Waals surface area contributed by atoms with Gasteiger partial charge in [0.2, 0.25) is 10.0 Å². The van der Waals surface area contributed by atoms with Crippen LogP contribution in [0.3, 0.4) is 0 Å². The molecule has 1 aliphatic rings. The van der Waals surface area contributed by atoms with Crippen LogP contribution in [0.15, 0.2) is 59.3 Å². The topological polar surface area (TPSA) is 66.5 Å². The average Bonchev–Trinajstić information content (AvgIpc) is 3.33. The molecule has 2 aromatic rings. The minimum atomic E-state index is -3.57. The highest BCUT2D eigenvalue weighted by Crippen LogP contribution is 2.30. The Morgan fingerprint density at radius 1 is 1.28 bits per heavy atom.